The molecule has 1 unspecified atom stereocenters. The minimum atomic E-state index is -0.782. The summed E-state index contributed by atoms with van der Waals surface area (Å²) >= 11 is 0. The van der Waals surface area contributed by atoms with E-state index in [0.29, 0.717) is 19.3 Å². The number of allylic oxidation sites excluding steroid dienone is 20. The maximum Gasteiger partial charge on any atom is 0.306 e. The molecule has 0 spiro atoms. The van der Waals surface area contributed by atoms with Crippen LogP contribution in [0.5, 0.6) is 0 Å². The summed E-state index contributed by atoms with van der Waals surface area (Å²) in [5.41, 5.74) is 0. The molecule has 0 saturated carbocycles. The second-order valence-electron chi connectivity index (χ2n) is 22.0. The quantitative estimate of drug-likeness (QED) is 0.0261. The van der Waals surface area contributed by atoms with E-state index in [-0.39, 0.29) is 31.1 Å². The normalized spacial score (nSPS) is 12.9. The molecule has 0 aromatic rings. The molecule has 0 radical (unpaired) electrons. The van der Waals surface area contributed by atoms with Crippen LogP contribution in [0.4, 0.5) is 0 Å². The first-order valence-corrected chi connectivity index (χ1v) is 33.5. The van der Waals surface area contributed by atoms with E-state index in [1.165, 1.54) is 141 Å². The van der Waals surface area contributed by atoms with Crippen LogP contribution in [0.2, 0.25) is 0 Å². The fraction of sp³-hybridized carbons (Fsp3) is 0.689. The highest BCUT2D eigenvalue weighted by atomic mass is 16.6. The molecule has 0 aliphatic rings. The van der Waals surface area contributed by atoms with Crippen molar-refractivity contribution in [2.75, 3.05) is 13.2 Å². The van der Waals surface area contributed by atoms with Gasteiger partial charge in [0.15, 0.2) is 6.10 Å². The van der Waals surface area contributed by atoms with E-state index in [9.17, 15) is 14.4 Å². The molecular formula is C74H124O6. The zero-order valence-electron chi connectivity index (χ0n) is 52.3. The lowest BCUT2D eigenvalue weighted by molar-refractivity contribution is -0.167. The van der Waals surface area contributed by atoms with Gasteiger partial charge in [0, 0.05) is 19.3 Å². The van der Waals surface area contributed by atoms with E-state index >= 15 is 0 Å². The van der Waals surface area contributed by atoms with Gasteiger partial charge in [-0.25, -0.2) is 0 Å². The molecule has 0 fully saturated rings. The van der Waals surface area contributed by atoms with Crippen molar-refractivity contribution >= 4 is 17.9 Å². The Morgan fingerprint density at radius 2 is 0.487 bits per heavy atom. The fourth-order valence-electron chi connectivity index (χ4n) is 9.26. The van der Waals surface area contributed by atoms with Gasteiger partial charge < -0.3 is 14.2 Å². The number of esters is 3. The molecule has 456 valence electrons. The third-order valence-electron chi connectivity index (χ3n) is 14.2. The number of ether oxygens (including phenoxy) is 3. The Kier molecular flexibility index (Phi) is 63.8. The van der Waals surface area contributed by atoms with E-state index < -0.39 is 6.10 Å². The summed E-state index contributed by atoms with van der Waals surface area (Å²) < 4.78 is 16.8. The zero-order valence-corrected chi connectivity index (χ0v) is 52.3. The fourth-order valence-corrected chi connectivity index (χ4v) is 9.26. The van der Waals surface area contributed by atoms with Gasteiger partial charge in [-0.3, -0.25) is 14.4 Å². The van der Waals surface area contributed by atoms with Gasteiger partial charge in [0.05, 0.1) is 0 Å². The molecule has 0 heterocycles. The highest BCUT2D eigenvalue weighted by Crippen LogP contribution is 2.17. The van der Waals surface area contributed by atoms with Crippen molar-refractivity contribution < 1.29 is 28.6 Å². The Morgan fingerprint density at radius 3 is 0.762 bits per heavy atom. The summed E-state index contributed by atoms with van der Waals surface area (Å²) in [7, 11) is 0. The van der Waals surface area contributed by atoms with Crippen LogP contribution >= 0.6 is 0 Å². The van der Waals surface area contributed by atoms with Gasteiger partial charge in [0.1, 0.15) is 13.2 Å². The Morgan fingerprint density at radius 1 is 0.263 bits per heavy atom. The predicted molar refractivity (Wildman–Crippen MR) is 348 cm³/mol. The van der Waals surface area contributed by atoms with Crippen molar-refractivity contribution in [2.45, 2.75) is 316 Å². The molecule has 80 heavy (non-hydrogen) atoms. The first-order valence-electron chi connectivity index (χ1n) is 33.5. The topological polar surface area (TPSA) is 78.9 Å². The number of carbonyl (C=O) groups is 3. The molecule has 0 aromatic heterocycles. The Hall–Kier alpha value is -4.19. The largest absolute Gasteiger partial charge is 0.462 e. The minimum absolute atomic E-state index is 0.0806. The first kappa shape index (κ1) is 75.8. The maximum atomic E-state index is 12.9. The molecule has 1 atom stereocenters. The molecule has 0 amide bonds. The lowest BCUT2D eigenvalue weighted by Gasteiger charge is -2.18. The van der Waals surface area contributed by atoms with Crippen LogP contribution in [0.15, 0.2) is 122 Å². The van der Waals surface area contributed by atoms with E-state index in [2.05, 4.69) is 142 Å². The molecule has 0 aliphatic heterocycles. The maximum absolute atomic E-state index is 12.9. The van der Waals surface area contributed by atoms with Crippen molar-refractivity contribution in [1.29, 1.82) is 0 Å². The van der Waals surface area contributed by atoms with E-state index in [4.69, 9.17) is 14.2 Å². The van der Waals surface area contributed by atoms with Gasteiger partial charge in [-0.2, -0.15) is 0 Å². The predicted octanol–water partition coefficient (Wildman–Crippen LogP) is 23.2. The molecule has 0 N–H and O–H groups in total. The van der Waals surface area contributed by atoms with Crippen LogP contribution in [0.25, 0.3) is 0 Å². The van der Waals surface area contributed by atoms with Crippen LogP contribution in [-0.2, 0) is 28.6 Å². The van der Waals surface area contributed by atoms with Gasteiger partial charge in [0.25, 0.3) is 0 Å². The van der Waals surface area contributed by atoms with Crippen LogP contribution < -0.4 is 0 Å². The van der Waals surface area contributed by atoms with Crippen molar-refractivity contribution in [1.82, 2.24) is 0 Å². The van der Waals surface area contributed by atoms with E-state index in [1.807, 2.05) is 0 Å². The number of unbranched alkanes of at least 4 members (excludes halogenated alkanes) is 29. The van der Waals surface area contributed by atoms with Crippen molar-refractivity contribution in [3.63, 3.8) is 0 Å². The third-order valence-corrected chi connectivity index (χ3v) is 14.2. The molecule has 0 aromatic carbocycles. The first-order chi connectivity index (χ1) is 39.5. The molecule has 0 aliphatic carbocycles. The van der Waals surface area contributed by atoms with Gasteiger partial charge in [-0.05, 0) is 109 Å². The molecular weight excluding hydrogens is 985 g/mol. The summed E-state index contributed by atoms with van der Waals surface area (Å²) in [6.07, 6.45) is 93.9. The second kappa shape index (κ2) is 67.3. The summed E-state index contributed by atoms with van der Waals surface area (Å²) in [6.45, 7) is 6.37. The smallest absolute Gasteiger partial charge is 0.306 e. The SMILES string of the molecule is CC/C=C\C/C=C\C/C=C\C/C=C\C/C=C\C/C=C\CCCCCCCCCCC(=O)OC(COC(=O)CCCCCCCC)COC(=O)CCCCCCCCCCCCCCCCCC/C=C\C/C=C\C/C=C\C/C=C\CC. The van der Waals surface area contributed by atoms with E-state index in [0.717, 1.165) is 128 Å². The number of rotatable bonds is 60. The van der Waals surface area contributed by atoms with Crippen LogP contribution in [0.1, 0.15) is 310 Å². The summed E-state index contributed by atoms with van der Waals surface area (Å²) in [4.78, 5) is 38.1. The molecule has 6 heteroatoms. The van der Waals surface area contributed by atoms with E-state index in [1.54, 1.807) is 0 Å². The highest BCUT2D eigenvalue weighted by molar-refractivity contribution is 5.71. The Balaban J connectivity index is 4.08. The average molecular weight is 1110 g/mol. The average Bonchev–Trinajstić information content (AvgIpc) is 3.46. The molecule has 6 nitrogen and oxygen atoms in total. The molecule has 0 saturated heterocycles. The van der Waals surface area contributed by atoms with Crippen LogP contribution in [0, 0.1) is 0 Å². The summed E-state index contributed by atoms with van der Waals surface area (Å²) in [5.74, 6) is -0.892. The van der Waals surface area contributed by atoms with Gasteiger partial charge >= 0.3 is 17.9 Å². The number of hydrogen-bond donors (Lipinski definition) is 0. The van der Waals surface area contributed by atoms with Crippen LogP contribution in [0.3, 0.4) is 0 Å². The monoisotopic (exact) mass is 1110 g/mol. The number of hydrogen-bond acceptors (Lipinski definition) is 6. The number of carbonyl (C=O) groups excluding carboxylic acids is 3. The van der Waals surface area contributed by atoms with Crippen molar-refractivity contribution in [3.05, 3.63) is 122 Å². The summed E-state index contributed by atoms with van der Waals surface area (Å²) in [6, 6.07) is 0. The van der Waals surface area contributed by atoms with Crippen molar-refractivity contribution in [3.8, 4) is 0 Å². The Labute approximate surface area is 494 Å². The standard InChI is InChI=1S/C74H124O6/c1-4-7-10-13-16-18-20-22-24-26-28-30-32-34-36-37-39-40-42-44-46-48-50-52-54-56-58-61-64-67-73(76)79-70-71(69-78-72(75)66-63-60-15-12-9-6-3)80-74(77)68-65-62-59-57-55-53-51-49-47-45-43-41-38-35-33-31-29-27-25-23-21-19-17-14-11-8-5-2/h7-8,10-11,16-19,22-25,28-31,35,38,43,45,71H,4-6,9,12-15,20-21,26-27,32-34,36-37,39-42,44,46-70H2,1-3H3/b10-7-,11-8-,18-16-,19-17-,24-22-,25-23-,30-28-,31-29-,38-35-,45-43-. The molecule has 0 bridgehead atoms. The van der Waals surface area contributed by atoms with Crippen molar-refractivity contribution in [2.24, 2.45) is 0 Å². The second-order valence-corrected chi connectivity index (χ2v) is 22.0. The molecule has 0 rings (SSSR count). The van der Waals surface area contributed by atoms with Gasteiger partial charge in [-0.15, -0.1) is 0 Å². The van der Waals surface area contributed by atoms with Gasteiger partial charge in [0.2, 0.25) is 0 Å². The minimum Gasteiger partial charge on any atom is -0.462 e. The lowest BCUT2D eigenvalue weighted by atomic mass is 10.0. The van der Waals surface area contributed by atoms with Gasteiger partial charge in [-0.1, -0.05) is 303 Å². The Bertz CT molecular complexity index is 1650. The zero-order chi connectivity index (χ0) is 57.8. The lowest BCUT2D eigenvalue weighted by Crippen LogP contribution is -2.30. The highest BCUT2D eigenvalue weighted by Gasteiger charge is 2.19. The summed E-state index contributed by atoms with van der Waals surface area (Å²) in [5, 5.41) is 0. The van der Waals surface area contributed by atoms with Crippen LogP contribution in [-0.4, -0.2) is 37.2 Å². The third kappa shape index (κ3) is 64.6.